The van der Waals surface area contributed by atoms with Gasteiger partial charge >= 0.3 is 0 Å². The molecule has 7 heteroatoms. The Morgan fingerprint density at radius 3 is 2.30 bits per heavy atom. The maximum atomic E-state index is 13.4. The van der Waals surface area contributed by atoms with Crippen LogP contribution in [-0.2, 0) is 16.1 Å². The Balaban J connectivity index is 1.86. The van der Waals surface area contributed by atoms with Crippen LogP contribution < -0.4 is 14.2 Å². The quantitative estimate of drug-likeness (QED) is 0.255. The number of carbonyl (C=O) groups is 2. The molecule has 1 N–H and O–H groups in total. The van der Waals surface area contributed by atoms with Crippen molar-refractivity contribution in [1.29, 1.82) is 0 Å². The van der Waals surface area contributed by atoms with Gasteiger partial charge in [0.25, 0.3) is 11.7 Å². The first kappa shape index (κ1) is 25.8. The van der Waals surface area contributed by atoms with Crippen LogP contribution in [0, 0.1) is 13.8 Å². The summed E-state index contributed by atoms with van der Waals surface area (Å²) in [5.41, 5.74) is 3.55. The highest BCUT2D eigenvalue weighted by Crippen LogP contribution is 2.42. The van der Waals surface area contributed by atoms with Crippen molar-refractivity contribution in [3.63, 3.8) is 0 Å². The molecule has 3 aromatic carbocycles. The number of methoxy groups -OCH3 is 2. The van der Waals surface area contributed by atoms with Crippen LogP contribution in [0.3, 0.4) is 0 Å². The lowest BCUT2D eigenvalue weighted by atomic mass is 9.93. The van der Waals surface area contributed by atoms with Crippen LogP contribution >= 0.6 is 0 Å². The van der Waals surface area contributed by atoms with Crippen molar-refractivity contribution in [2.24, 2.45) is 0 Å². The number of amides is 1. The SMILES string of the molecule is CCOc1cccc(CN2C(=O)C(=O)/C(=C(/O)c3cc(C)c(OC)cc3C)C2c2ccc(OC)cc2)c1. The Labute approximate surface area is 216 Å². The molecule has 0 radical (unpaired) electrons. The highest BCUT2D eigenvalue weighted by atomic mass is 16.5. The number of ketones is 1. The molecule has 0 aromatic heterocycles. The van der Waals surface area contributed by atoms with Crippen LogP contribution in [0.15, 0.2) is 66.2 Å². The molecule has 0 saturated carbocycles. The Kier molecular flexibility index (Phi) is 7.53. The Morgan fingerprint density at radius 1 is 0.919 bits per heavy atom. The van der Waals surface area contributed by atoms with Crippen molar-refractivity contribution < 1.29 is 28.9 Å². The number of hydrogen-bond acceptors (Lipinski definition) is 6. The van der Waals surface area contributed by atoms with Crippen molar-refractivity contribution in [1.82, 2.24) is 4.90 Å². The van der Waals surface area contributed by atoms with E-state index in [0.29, 0.717) is 35.0 Å². The fraction of sp³-hybridized carbons (Fsp3) is 0.267. The largest absolute Gasteiger partial charge is 0.507 e. The summed E-state index contributed by atoms with van der Waals surface area (Å²) < 4.78 is 16.3. The smallest absolute Gasteiger partial charge is 0.295 e. The molecule has 3 aromatic rings. The summed E-state index contributed by atoms with van der Waals surface area (Å²) in [5, 5.41) is 11.5. The molecule has 1 atom stereocenters. The van der Waals surface area contributed by atoms with Crippen LogP contribution in [0.1, 0.15) is 40.8 Å². The van der Waals surface area contributed by atoms with Crippen molar-refractivity contribution in [3.05, 3.63) is 94.1 Å². The van der Waals surface area contributed by atoms with E-state index in [1.807, 2.05) is 51.1 Å². The van der Waals surface area contributed by atoms with Crippen molar-refractivity contribution in [3.8, 4) is 17.2 Å². The van der Waals surface area contributed by atoms with Gasteiger partial charge in [0.15, 0.2) is 0 Å². The Morgan fingerprint density at radius 2 is 1.65 bits per heavy atom. The third-order valence-electron chi connectivity index (χ3n) is 6.53. The maximum absolute atomic E-state index is 13.4. The van der Waals surface area contributed by atoms with Crippen molar-refractivity contribution in [2.45, 2.75) is 33.4 Å². The van der Waals surface area contributed by atoms with Gasteiger partial charge in [-0.15, -0.1) is 0 Å². The van der Waals surface area contributed by atoms with E-state index in [9.17, 15) is 14.7 Å². The molecule has 1 amide bonds. The number of rotatable bonds is 8. The van der Waals surface area contributed by atoms with Crippen LogP contribution in [0.5, 0.6) is 17.2 Å². The zero-order valence-corrected chi connectivity index (χ0v) is 21.7. The van der Waals surface area contributed by atoms with E-state index in [4.69, 9.17) is 14.2 Å². The fourth-order valence-corrected chi connectivity index (χ4v) is 4.68. The van der Waals surface area contributed by atoms with Gasteiger partial charge in [-0.2, -0.15) is 0 Å². The molecular weight excluding hydrogens is 470 g/mol. The van der Waals surface area contributed by atoms with E-state index in [-0.39, 0.29) is 17.9 Å². The summed E-state index contributed by atoms with van der Waals surface area (Å²) in [6.45, 7) is 6.27. The second-order valence-corrected chi connectivity index (χ2v) is 8.92. The van der Waals surface area contributed by atoms with Gasteiger partial charge in [-0.25, -0.2) is 0 Å². The lowest BCUT2D eigenvalue weighted by Crippen LogP contribution is -2.29. The number of aryl methyl sites for hydroxylation is 2. The van der Waals surface area contributed by atoms with E-state index >= 15 is 0 Å². The first-order chi connectivity index (χ1) is 17.8. The summed E-state index contributed by atoms with van der Waals surface area (Å²) in [6.07, 6.45) is 0. The zero-order valence-electron chi connectivity index (χ0n) is 21.7. The van der Waals surface area contributed by atoms with Crippen molar-refractivity contribution in [2.75, 3.05) is 20.8 Å². The average Bonchev–Trinajstić information content (AvgIpc) is 3.14. The molecule has 7 nitrogen and oxygen atoms in total. The molecule has 1 heterocycles. The van der Waals surface area contributed by atoms with Crippen LogP contribution in [0.25, 0.3) is 5.76 Å². The number of carbonyl (C=O) groups excluding carboxylic acids is 2. The second kappa shape index (κ2) is 10.8. The lowest BCUT2D eigenvalue weighted by molar-refractivity contribution is -0.140. The molecule has 0 spiro atoms. The van der Waals surface area contributed by atoms with E-state index in [0.717, 1.165) is 16.7 Å². The third kappa shape index (κ3) is 5.03. The zero-order chi connectivity index (χ0) is 26.7. The Hall–Kier alpha value is -4.26. The van der Waals surface area contributed by atoms with Gasteiger partial charge in [0.1, 0.15) is 23.0 Å². The number of ether oxygens (including phenoxy) is 3. The van der Waals surface area contributed by atoms with Crippen LogP contribution in [0.2, 0.25) is 0 Å². The number of nitrogens with zero attached hydrogens (tertiary/aromatic N) is 1. The number of aliphatic hydroxyl groups excluding tert-OH is 1. The molecule has 192 valence electrons. The summed E-state index contributed by atoms with van der Waals surface area (Å²) in [4.78, 5) is 28.3. The molecule has 1 aliphatic rings. The van der Waals surface area contributed by atoms with E-state index < -0.39 is 17.7 Å². The minimum absolute atomic E-state index is 0.0452. The molecule has 0 aliphatic carbocycles. The average molecular weight is 502 g/mol. The van der Waals surface area contributed by atoms with Gasteiger partial charge in [0, 0.05) is 12.1 Å². The topological polar surface area (TPSA) is 85.3 Å². The van der Waals surface area contributed by atoms with E-state index in [1.165, 1.54) is 4.90 Å². The predicted octanol–water partition coefficient (Wildman–Crippen LogP) is 5.34. The monoisotopic (exact) mass is 501 g/mol. The first-order valence-corrected chi connectivity index (χ1v) is 12.1. The number of Topliss-reactive ketones (excluding diaryl/α,β-unsaturated/α-hetero) is 1. The first-order valence-electron chi connectivity index (χ1n) is 12.1. The highest BCUT2D eigenvalue weighted by molar-refractivity contribution is 6.46. The standard InChI is InChI=1S/C30H31NO6/c1-6-37-23-9-7-8-20(16-23)17-31-27(21-10-12-22(35-4)13-11-21)26(29(33)30(31)34)28(32)24-14-19(3)25(36-5)15-18(24)2/h7-16,27,32H,6,17H2,1-5H3/b28-26+. The highest BCUT2D eigenvalue weighted by Gasteiger charge is 2.46. The predicted molar refractivity (Wildman–Crippen MR) is 141 cm³/mol. The number of hydrogen-bond donors (Lipinski definition) is 1. The maximum Gasteiger partial charge on any atom is 0.295 e. The van der Waals surface area contributed by atoms with Gasteiger partial charge in [-0.3, -0.25) is 9.59 Å². The van der Waals surface area contributed by atoms with E-state index in [1.54, 1.807) is 44.6 Å². The van der Waals surface area contributed by atoms with Crippen LogP contribution in [0.4, 0.5) is 0 Å². The summed E-state index contributed by atoms with van der Waals surface area (Å²) >= 11 is 0. The molecule has 1 aliphatic heterocycles. The molecule has 37 heavy (non-hydrogen) atoms. The van der Waals surface area contributed by atoms with Gasteiger partial charge in [0.2, 0.25) is 0 Å². The summed E-state index contributed by atoms with van der Waals surface area (Å²) in [5.74, 6) is 0.385. The number of benzene rings is 3. The molecule has 1 fully saturated rings. The minimum Gasteiger partial charge on any atom is -0.507 e. The molecular formula is C30H31NO6. The molecule has 0 bridgehead atoms. The third-order valence-corrected chi connectivity index (χ3v) is 6.53. The number of aliphatic hydroxyl groups is 1. The van der Waals surface area contributed by atoms with Gasteiger partial charge in [-0.05, 0) is 79.4 Å². The van der Waals surface area contributed by atoms with E-state index in [2.05, 4.69) is 0 Å². The Bertz CT molecular complexity index is 1360. The molecule has 1 unspecified atom stereocenters. The lowest BCUT2D eigenvalue weighted by Gasteiger charge is -2.26. The van der Waals surface area contributed by atoms with Gasteiger partial charge in [0.05, 0.1) is 32.4 Å². The molecule has 4 rings (SSSR count). The number of likely N-dealkylation sites (tertiary alicyclic amines) is 1. The van der Waals surface area contributed by atoms with Gasteiger partial charge in [-0.1, -0.05) is 24.3 Å². The molecule has 1 saturated heterocycles. The van der Waals surface area contributed by atoms with Crippen molar-refractivity contribution >= 4 is 17.4 Å². The second-order valence-electron chi connectivity index (χ2n) is 8.92. The fourth-order valence-electron chi connectivity index (χ4n) is 4.68. The summed E-state index contributed by atoms with van der Waals surface area (Å²) in [6, 6.07) is 17.4. The van der Waals surface area contributed by atoms with Gasteiger partial charge < -0.3 is 24.2 Å². The normalized spacial score (nSPS) is 16.7. The minimum atomic E-state index is -0.788. The van der Waals surface area contributed by atoms with Crippen LogP contribution in [-0.4, -0.2) is 42.5 Å². The summed E-state index contributed by atoms with van der Waals surface area (Å²) in [7, 11) is 3.15.